The molecule has 98 valence electrons. The van der Waals surface area contributed by atoms with Crippen LogP contribution in [0.5, 0.6) is 5.75 Å². The van der Waals surface area contributed by atoms with Crippen LogP contribution >= 0.6 is 0 Å². The lowest BCUT2D eigenvalue weighted by atomic mass is 10.2. The molecule has 7 heteroatoms. The van der Waals surface area contributed by atoms with E-state index in [4.69, 9.17) is 21.0 Å². The predicted octanol–water partition coefficient (Wildman–Crippen LogP) is -0.943. The second kappa shape index (κ2) is 7.25. The van der Waals surface area contributed by atoms with Crippen molar-refractivity contribution in [3.05, 3.63) is 29.8 Å². The summed E-state index contributed by atoms with van der Waals surface area (Å²) in [5, 5.41) is 0. The fraction of sp³-hybridized carbons (Fsp3) is 0.273. The SMILES string of the molecule is NC(=O)CONCc1ccc(OCC(N)=O)cc1. The van der Waals surface area contributed by atoms with Crippen LogP contribution < -0.4 is 21.7 Å². The average Bonchev–Trinajstić information content (AvgIpc) is 2.33. The van der Waals surface area contributed by atoms with Crippen LogP contribution in [0.4, 0.5) is 0 Å². The summed E-state index contributed by atoms with van der Waals surface area (Å²) >= 11 is 0. The van der Waals surface area contributed by atoms with Gasteiger partial charge < -0.3 is 16.2 Å². The van der Waals surface area contributed by atoms with Crippen molar-refractivity contribution in [1.82, 2.24) is 5.48 Å². The summed E-state index contributed by atoms with van der Waals surface area (Å²) in [5.74, 6) is -0.520. The van der Waals surface area contributed by atoms with E-state index in [0.717, 1.165) is 5.56 Å². The Morgan fingerprint density at radius 1 is 1.06 bits per heavy atom. The summed E-state index contributed by atoms with van der Waals surface area (Å²) in [6.07, 6.45) is 0. The number of carbonyl (C=O) groups is 2. The van der Waals surface area contributed by atoms with Crippen molar-refractivity contribution in [3.63, 3.8) is 0 Å². The molecule has 0 saturated carbocycles. The number of nitrogens with one attached hydrogen (secondary N) is 1. The second-order valence-corrected chi connectivity index (χ2v) is 3.48. The molecule has 0 aliphatic heterocycles. The Bertz CT molecular complexity index is 405. The Hall–Kier alpha value is -2.12. The summed E-state index contributed by atoms with van der Waals surface area (Å²) in [7, 11) is 0. The highest BCUT2D eigenvalue weighted by molar-refractivity contribution is 5.75. The van der Waals surface area contributed by atoms with Crippen molar-refractivity contribution in [2.45, 2.75) is 6.54 Å². The fourth-order valence-electron chi connectivity index (χ4n) is 1.11. The van der Waals surface area contributed by atoms with Crippen LogP contribution in [0.3, 0.4) is 0 Å². The third kappa shape index (κ3) is 5.83. The zero-order valence-corrected chi connectivity index (χ0v) is 9.72. The molecule has 0 unspecified atom stereocenters. The summed E-state index contributed by atoms with van der Waals surface area (Å²) in [6.45, 7) is 0.0858. The molecular weight excluding hydrogens is 238 g/mol. The first-order chi connectivity index (χ1) is 8.58. The lowest BCUT2D eigenvalue weighted by Crippen LogP contribution is -2.24. The number of ether oxygens (including phenoxy) is 1. The van der Waals surface area contributed by atoms with Gasteiger partial charge >= 0.3 is 0 Å². The summed E-state index contributed by atoms with van der Waals surface area (Å²) in [4.78, 5) is 25.7. The molecule has 0 saturated heterocycles. The molecule has 0 spiro atoms. The van der Waals surface area contributed by atoms with Gasteiger partial charge in [-0.3, -0.25) is 14.4 Å². The molecule has 1 aromatic rings. The minimum Gasteiger partial charge on any atom is -0.484 e. The van der Waals surface area contributed by atoms with Crippen molar-refractivity contribution in [1.29, 1.82) is 0 Å². The number of primary amides is 2. The number of carbonyl (C=O) groups excluding carboxylic acids is 2. The Morgan fingerprint density at radius 2 is 1.67 bits per heavy atom. The smallest absolute Gasteiger partial charge is 0.255 e. The maximum Gasteiger partial charge on any atom is 0.255 e. The van der Waals surface area contributed by atoms with Gasteiger partial charge in [-0.15, -0.1) is 0 Å². The van der Waals surface area contributed by atoms with E-state index >= 15 is 0 Å². The van der Waals surface area contributed by atoms with Crippen LogP contribution in [-0.2, 0) is 21.0 Å². The number of hydroxylamine groups is 1. The lowest BCUT2D eigenvalue weighted by molar-refractivity contribution is -0.125. The molecule has 0 heterocycles. The molecular formula is C11H15N3O4. The maximum atomic E-state index is 10.5. The normalized spacial score (nSPS) is 10.0. The van der Waals surface area contributed by atoms with Gasteiger partial charge in [0.05, 0.1) is 0 Å². The van der Waals surface area contributed by atoms with E-state index in [9.17, 15) is 9.59 Å². The average molecular weight is 253 g/mol. The number of benzene rings is 1. The molecule has 18 heavy (non-hydrogen) atoms. The summed E-state index contributed by atoms with van der Waals surface area (Å²) < 4.78 is 5.09. The van der Waals surface area contributed by atoms with Crippen molar-refractivity contribution in [2.24, 2.45) is 11.5 Å². The fourth-order valence-corrected chi connectivity index (χ4v) is 1.11. The van der Waals surface area contributed by atoms with Gasteiger partial charge in [-0.1, -0.05) is 12.1 Å². The minimum absolute atomic E-state index is 0.153. The van der Waals surface area contributed by atoms with Crippen LogP contribution in [0.2, 0.25) is 0 Å². The van der Waals surface area contributed by atoms with Crippen molar-refractivity contribution in [2.75, 3.05) is 13.2 Å². The predicted molar refractivity (Wildman–Crippen MR) is 63.1 cm³/mol. The Labute approximate surface area is 104 Å². The summed E-state index contributed by atoms with van der Waals surface area (Å²) in [6, 6.07) is 6.98. The molecule has 2 amide bonds. The topological polar surface area (TPSA) is 117 Å². The quantitative estimate of drug-likeness (QED) is 0.408. The van der Waals surface area contributed by atoms with E-state index in [1.165, 1.54) is 0 Å². The van der Waals surface area contributed by atoms with Crippen LogP contribution in [0.25, 0.3) is 0 Å². The molecule has 0 radical (unpaired) electrons. The number of hydrogen-bond acceptors (Lipinski definition) is 5. The van der Waals surface area contributed by atoms with Gasteiger partial charge in [0.2, 0.25) is 5.91 Å². The molecule has 0 aliphatic rings. The van der Waals surface area contributed by atoms with Crippen LogP contribution in [-0.4, -0.2) is 25.0 Å². The second-order valence-electron chi connectivity index (χ2n) is 3.48. The van der Waals surface area contributed by atoms with Crippen molar-refractivity contribution in [3.8, 4) is 5.75 Å². The zero-order chi connectivity index (χ0) is 13.4. The molecule has 1 aromatic carbocycles. The van der Waals surface area contributed by atoms with Gasteiger partial charge in [0.1, 0.15) is 12.4 Å². The van der Waals surface area contributed by atoms with E-state index in [1.807, 2.05) is 0 Å². The van der Waals surface area contributed by atoms with Crippen LogP contribution in [0.1, 0.15) is 5.56 Å². The third-order valence-corrected chi connectivity index (χ3v) is 1.90. The number of amides is 2. The number of hydrogen-bond donors (Lipinski definition) is 3. The van der Waals surface area contributed by atoms with Crippen LogP contribution in [0, 0.1) is 0 Å². The molecule has 0 bridgehead atoms. The molecule has 0 aromatic heterocycles. The molecule has 0 fully saturated rings. The minimum atomic E-state index is -0.544. The molecule has 5 N–H and O–H groups in total. The highest BCUT2D eigenvalue weighted by Crippen LogP contribution is 2.11. The standard InChI is InChI=1S/C11H15N3O4/c12-10(15)6-17-9-3-1-8(2-4-9)5-14-18-7-11(13)16/h1-4,14H,5-7H2,(H2,12,15)(H2,13,16). The Balaban J connectivity index is 2.31. The molecule has 0 aliphatic carbocycles. The van der Waals surface area contributed by atoms with Crippen LogP contribution in [0.15, 0.2) is 24.3 Å². The Kier molecular flexibility index (Phi) is 5.62. The largest absolute Gasteiger partial charge is 0.484 e. The van der Waals surface area contributed by atoms with Gasteiger partial charge in [-0.2, -0.15) is 5.48 Å². The summed E-state index contributed by atoms with van der Waals surface area (Å²) in [5.41, 5.74) is 13.3. The monoisotopic (exact) mass is 253 g/mol. The first-order valence-electron chi connectivity index (χ1n) is 5.21. The van der Waals surface area contributed by atoms with E-state index in [0.29, 0.717) is 12.3 Å². The first kappa shape index (κ1) is 13.9. The van der Waals surface area contributed by atoms with Gasteiger partial charge in [0, 0.05) is 6.54 Å². The van der Waals surface area contributed by atoms with Gasteiger partial charge in [0.25, 0.3) is 5.91 Å². The Morgan fingerprint density at radius 3 is 2.22 bits per heavy atom. The third-order valence-electron chi connectivity index (χ3n) is 1.90. The lowest BCUT2D eigenvalue weighted by Gasteiger charge is -2.06. The molecule has 7 nitrogen and oxygen atoms in total. The maximum absolute atomic E-state index is 10.5. The molecule has 0 atom stereocenters. The van der Waals surface area contributed by atoms with Gasteiger partial charge in [0.15, 0.2) is 6.61 Å². The number of rotatable bonds is 8. The van der Waals surface area contributed by atoms with Crippen molar-refractivity contribution >= 4 is 11.8 Å². The van der Waals surface area contributed by atoms with Gasteiger partial charge in [-0.05, 0) is 17.7 Å². The molecule has 1 rings (SSSR count). The highest BCUT2D eigenvalue weighted by atomic mass is 16.6. The van der Waals surface area contributed by atoms with E-state index in [1.54, 1.807) is 24.3 Å². The first-order valence-corrected chi connectivity index (χ1v) is 5.21. The van der Waals surface area contributed by atoms with Gasteiger partial charge in [-0.25, -0.2) is 0 Å². The highest BCUT2D eigenvalue weighted by Gasteiger charge is 1.99. The van der Waals surface area contributed by atoms with Crippen molar-refractivity contribution < 1.29 is 19.2 Å². The zero-order valence-electron chi connectivity index (χ0n) is 9.72. The van der Waals surface area contributed by atoms with E-state index < -0.39 is 11.8 Å². The van der Waals surface area contributed by atoms with E-state index in [-0.39, 0.29) is 13.2 Å². The number of nitrogens with two attached hydrogens (primary N) is 2. The van der Waals surface area contributed by atoms with E-state index in [2.05, 4.69) is 5.48 Å².